The van der Waals surface area contributed by atoms with Crippen molar-refractivity contribution in [3.8, 4) is 0 Å². The molecule has 1 rings (SSSR count). The summed E-state index contributed by atoms with van der Waals surface area (Å²) in [5.41, 5.74) is 5.35. The van der Waals surface area contributed by atoms with Crippen molar-refractivity contribution in [3.05, 3.63) is 23.4 Å². The molecule has 0 fully saturated rings. The molecule has 0 unspecified atom stereocenters. The van der Waals surface area contributed by atoms with Gasteiger partial charge in [0.05, 0.1) is 5.02 Å². The Balaban J connectivity index is 2.19. The van der Waals surface area contributed by atoms with Crippen LogP contribution in [0.15, 0.2) is 28.5 Å². The number of amidine groups is 1. The molecule has 0 aliphatic carbocycles. The highest BCUT2D eigenvalue weighted by molar-refractivity contribution is 7.99. The average Bonchev–Trinajstić information content (AvgIpc) is 2.30. The summed E-state index contributed by atoms with van der Waals surface area (Å²) < 4.78 is 0. The van der Waals surface area contributed by atoms with Crippen LogP contribution in [0.2, 0.25) is 5.02 Å². The largest absolute Gasteiger partial charge is 0.409 e. The van der Waals surface area contributed by atoms with Crippen LogP contribution in [0.25, 0.3) is 0 Å². The monoisotopic (exact) mass is 259 g/mol. The molecular weight excluding hydrogens is 246 g/mol. The van der Waals surface area contributed by atoms with E-state index in [-0.39, 0.29) is 5.84 Å². The van der Waals surface area contributed by atoms with Gasteiger partial charge in [0.25, 0.3) is 0 Å². The molecular formula is C10H14ClN3OS. The summed E-state index contributed by atoms with van der Waals surface area (Å²) in [5.74, 6) is 1.20. The van der Waals surface area contributed by atoms with E-state index in [0.29, 0.717) is 11.4 Å². The predicted octanol–water partition coefficient (Wildman–Crippen LogP) is 2.74. The first-order valence-corrected chi connectivity index (χ1v) is 6.30. The number of hydrogen-bond donors (Lipinski definition) is 2. The Bertz CT molecular complexity index is 360. The molecule has 0 aliphatic heterocycles. The Morgan fingerprint density at radius 3 is 3.06 bits per heavy atom. The topological polar surface area (TPSA) is 71.5 Å². The molecule has 16 heavy (non-hydrogen) atoms. The standard InChI is InChI=1S/C10H14ClN3OS/c11-8-4-3-6-13-10(8)16-7-2-1-5-9(12)14-15/h3-4,6,15H,1-2,5,7H2,(H2,12,14). The van der Waals surface area contributed by atoms with Crippen molar-refractivity contribution in [1.82, 2.24) is 4.98 Å². The van der Waals surface area contributed by atoms with Crippen LogP contribution in [-0.4, -0.2) is 21.8 Å². The molecule has 0 spiro atoms. The van der Waals surface area contributed by atoms with Gasteiger partial charge < -0.3 is 10.9 Å². The van der Waals surface area contributed by atoms with Crippen molar-refractivity contribution >= 4 is 29.2 Å². The van der Waals surface area contributed by atoms with E-state index in [2.05, 4.69) is 10.1 Å². The van der Waals surface area contributed by atoms with Crippen LogP contribution in [-0.2, 0) is 0 Å². The second kappa shape index (κ2) is 7.35. The van der Waals surface area contributed by atoms with Gasteiger partial charge in [-0.2, -0.15) is 0 Å². The minimum absolute atomic E-state index is 0.279. The van der Waals surface area contributed by atoms with E-state index in [9.17, 15) is 0 Å². The SMILES string of the molecule is NC(CCCCSc1ncccc1Cl)=NO. The lowest BCUT2D eigenvalue weighted by Crippen LogP contribution is -2.10. The average molecular weight is 260 g/mol. The molecule has 3 N–H and O–H groups in total. The molecule has 4 nitrogen and oxygen atoms in total. The van der Waals surface area contributed by atoms with Crippen molar-refractivity contribution in [2.24, 2.45) is 10.9 Å². The summed E-state index contributed by atoms with van der Waals surface area (Å²) in [4.78, 5) is 4.17. The van der Waals surface area contributed by atoms with E-state index in [1.807, 2.05) is 12.1 Å². The van der Waals surface area contributed by atoms with Gasteiger partial charge in [0.15, 0.2) is 0 Å². The summed E-state index contributed by atoms with van der Waals surface area (Å²) in [6.45, 7) is 0. The van der Waals surface area contributed by atoms with Gasteiger partial charge in [-0.3, -0.25) is 0 Å². The van der Waals surface area contributed by atoms with E-state index in [0.717, 1.165) is 23.6 Å². The molecule has 0 aliphatic rings. The number of nitrogens with zero attached hydrogens (tertiary/aromatic N) is 2. The van der Waals surface area contributed by atoms with E-state index in [1.165, 1.54) is 0 Å². The van der Waals surface area contributed by atoms with Gasteiger partial charge in [-0.1, -0.05) is 16.8 Å². The Morgan fingerprint density at radius 1 is 1.56 bits per heavy atom. The Labute approximate surface area is 104 Å². The minimum atomic E-state index is 0.279. The zero-order valence-electron chi connectivity index (χ0n) is 8.77. The first-order valence-electron chi connectivity index (χ1n) is 4.93. The third-order valence-corrected chi connectivity index (χ3v) is 3.43. The van der Waals surface area contributed by atoms with Crippen molar-refractivity contribution < 1.29 is 5.21 Å². The number of rotatable bonds is 6. The van der Waals surface area contributed by atoms with Crippen molar-refractivity contribution in [1.29, 1.82) is 0 Å². The molecule has 0 aromatic carbocycles. The normalized spacial score (nSPS) is 11.7. The summed E-state index contributed by atoms with van der Waals surface area (Å²) in [6.07, 6.45) is 4.22. The highest BCUT2D eigenvalue weighted by Crippen LogP contribution is 2.24. The molecule has 1 heterocycles. The van der Waals surface area contributed by atoms with Gasteiger partial charge in [0.2, 0.25) is 0 Å². The van der Waals surface area contributed by atoms with Crippen LogP contribution in [0.3, 0.4) is 0 Å². The van der Waals surface area contributed by atoms with Crippen LogP contribution in [0.5, 0.6) is 0 Å². The van der Waals surface area contributed by atoms with Crippen LogP contribution >= 0.6 is 23.4 Å². The molecule has 0 amide bonds. The van der Waals surface area contributed by atoms with E-state index in [4.69, 9.17) is 22.5 Å². The summed E-state index contributed by atoms with van der Waals surface area (Å²) in [5, 5.41) is 12.8. The van der Waals surface area contributed by atoms with Crippen molar-refractivity contribution in [2.75, 3.05) is 5.75 Å². The lowest BCUT2D eigenvalue weighted by molar-refractivity contribution is 0.316. The highest BCUT2D eigenvalue weighted by atomic mass is 35.5. The lowest BCUT2D eigenvalue weighted by atomic mass is 10.2. The fourth-order valence-corrected chi connectivity index (χ4v) is 2.27. The molecule has 0 saturated carbocycles. The smallest absolute Gasteiger partial charge is 0.139 e. The van der Waals surface area contributed by atoms with Gasteiger partial charge in [0.1, 0.15) is 10.9 Å². The number of thioether (sulfide) groups is 1. The molecule has 88 valence electrons. The number of unbranched alkanes of at least 4 members (excludes halogenated alkanes) is 1. The fourth-order valence-electron chi connectivity index (χ4n) is 1.10. The van der Waals surface area contributed by atoms with Crippen LogP contribution in [0.4, 0.5) is 0 Å². The Morgan fingerprint density at radius 2 is 2.38 bits per heavy atom. The van der Waals surface area contributed by atoms with Gasteiger partial charge >= 0.3 is 0 Å². The number of aromatic nitrogens is 1. The third-order valence-electron chi connectivity index (χ3n) is 1.92. The highest BCUT2D eigenvalue weighted by Gasteiger charge is 2.01. The molecule has 0 saturated heterocycles. The third kappa shape index (κ3) is 4.72. The molecule has 0 atom stereocenters. The van der Waals surface area contributed by atoms with Crippen molar-refractivity contribution in [2.45, 2.75) is 24.3 Å². The van der Waals surface area contributed by atoms with E-state index < -0.39 is 0 Å². The van der Waals surface area contributed by atoms with E-state index in [1.54, 1.807) is 18.0 Å². The van der Waals surface area contributed by atoms with Crippen LogP contribution in [0.1, 0.15) is 19.3 Å². The van der Waals surface area contributed by atoms with Crippen molar-refractivity contribution in [3.63, 3.8) is 0 Å². The zero-order chi connectivity index (χ0) is 11.8. The van der Waals surface area contributed by atoms with Gasteiger partial charge in [-0.25, -0.2) is 4.98 Å². The Kier molecular flexibility index (Phi) is 6.03. The van der Waals surface area contributed by atoms with Gasteiger partial charge in [0, 0.05) is 12.6 Å². The fraction of sp³-hybridized carbons (Fsp3) is 0.400. The molecule has 0 radical (unpaired) electrons. The maximum atomic E-state index is 8.34. The Hall–Kier alpha value is -0.940. The first-order chi connectivity index (χ1) is 7.74. The summed E-state index contributed by atoms with van der Waals surface area (Å²) >= 11 is 7.57. The minimum Gasteiger partial charge on any atom is -0.409 e. The number of oxime groups is 1. The zero-order valence-corrected chi connectivity index (χ0v) is 10.3. The summed E-state index contributed by atoms with van der Waals surface area (Å²) in [6, 6.07) is 3.64. The van der Waals surface area contributed by atoms with Crippen LogP contribution < -0.4 is 5.73 Å². The lowest BCUT2D eigenvalue weighted by Gasteiger charge is -2.02. The molecule has 1 aromatic rings. The maximum absolute atomic E-state index is 8.34. The van der Waals surface area contributed by atoms with E-state index >= 15 is 0 Å². The number of halogens is 1. The molecule has 6 heteroatoms. The second-order valence-corrected chi connectivity index (χ2v) is 4.68. The predicted molar refractivity (Wildman–Crippen MR) is 67.2 cm³/mol. The second-order valence-electron chi connectivity index (χ2n) is 3.19. The number of pyridine rings is 1. The van der Waals surface area contributed by atoms with Gasteiger partial charge in [-0.05, 0) is 30.7 Å². The quantitative estimate of drug-likeness (QED) is 0.206. The van der Waals surface area contributed by atoms with Gasteiger partial charge in [-0.15, -0.1) is 11.8 Å². The first kappa shape index (κ1) is 13.1. The number of nitrogens with two attached hydrogens (primary N) is 1. The maximum Gasteiger partial charge on any atom is 0.139 e. The molecule has 0 bridgehead atoms. The molecule has 1 aromatic heterocycles. The van der Waals surface area contributed by atoms with Crippen LogP contribution in [0, 0.1) is 0 Å². The summed E-state index contributed by atoms with van der Waals surface area (Å²) in [7, 11) is 0. The number of hydrogen-bond acceptors (Lipinski definition) is 4.